The van der Waals surface area contributed by atoms with Gasteiger partial charge < -0.3 is 14.8 Å². The van der Waals surface area contributed by atoms with E-state index in [1.165, 1.54) is 0 Å². The molecular formula is C24H31N3O4. The quantitative estimate of drug-likeness (QED) is 0.737. The van der Waals surface area contributed by atoms with Crippen molar-refractivity contribution in [2.75, 3.05) is 38.0 Å². The number of carbonyl (C=O) groups is 2. The number of methoxy groups -OCH3 is 2. The zero-order chi connectivity index (χ0) is 22.8. The van der Waals surface area contributed by atoms with Crippen LogP contribution in [0.1, 0.15) is 26.3 Å². The first-order chi connectivity index (χ1) is 14.7. The lowest BCUT2D eigenvalue weighted by Crippen LogP contribution is -2.61. The third kappa shape index (κ3) is 4.37. The van der Waals surface area contributed by atoms with Crippen molar-refractivity contribution in [1.82, 2.24) is 4.90 Å². The largest absolute Gasteiger partial charge is 0.493 e. The van der Waals surface area contributed by atoms with Crippen LogP contribution in [0.4, 0.5) is 11.4 Å². The van der Waals surface area contributed by atoms with Crippen molar-refractivity contribution in [3.63, 3.8) is 0 Å². The van der Waals surface area contributed by atoms with Crippen LogP contribution in [0, 0.1) is 0 Å². The molecular weight excluding hydrogens is 394 g/mol. The molecule has 7 heteroatoms. The minimum absolute atomic E-state index is 0.109. The van der Waals surface area contributed by atoms with E-state index < -0.39 is 11.6 Å². The number of likely N-dealkylation sites (N-methyl/N-ethyl adjacent to an activating group) is 1. The Kier molecular flexibility index (Phi) is 6.55. The van der Waals surface area contributed by atoms with Gasteiger partial charge in [-0.1, -0.05) is 18.2 Å². The number of amides is 2. The van der Waals surface area contributed by atoms with Crippen LogP contribution < -0.4 is 19.7 Å². The predicted octanol–water partition coefficient (Wildman–Crippen LogP) is 3.33. The summed E-state index contributed by atoms with van der Waals surface area (Å²) in [6, 6.07) is 12.8. The van der Waals surface area contributed by atoms with Crippen LogP contribution in [0.5, 0.6) is 11.5 Å². The van der Waals surface area contributed by atoms with Gasteiger partial charge in [-0.15, -0.1) is 0 Å². The van der Waals surface area contributed by atoms with E-state index in [-0.39, 0.29) is 11.8 Å². The van der Waals surface area contributed by atoms with Gasteiger partial charge in [0.2, 0.25) is 11.8 Å². The lowest BCUT2D eigenvalue weighted by atomic mass is 9.95. The Bertz CT molecular complexity index is 973. The first-order valence-corrected chi connectivity index (χ1v) is 10.4. The lowest BCUT2D eigenvalue weighted by molar-refractivity contribution is -0.129. The van der Waals surface area contributed by atoms with Crippen molar-refractivity contribution in [2.24, 2.45) is 0 Å². The summed E-state index contributed by atoms with van der Waals surface area (Å²) >= 11 is 0. The highest BCUT2D eigenvalue weighted by molar-refractivity contribution is 6.15. The van der Waals surface area contributed by atoms with Crippen LogP contribution in [-0.2, 0) is 16.0 Å². The highest BCUT2D eigenvalue weighted by Gasteiger charge is 2.45. The van der Waals surface area contributed by atoms with Gasteiger partial charge in [0.25, 0.3) is 0 Å². The molecule has 1 atom stereocenters. The smallest absolute Gasteiger partial charge is 0.250 e. The van der Waals surface area contributed by atoms with Gasteiger partial charge in [0.15, 0.2) is 11.5 Å². The predicted molar refractivity (Wildman–Crippen MR) is 122 cm³/mol. The monoisotopic (exact) mass is 425 g/mol. The Labute approximate surface area is 183 Å². The summed E-state index contributed by atoms with van der Waals surface area (Å²) in [7, 11) is 5.15. The molecule has 2 amide bonds. The summed E-state index contributed by atoms with van der Waals surface area (Å²) in [6.07, 6.45) is 0.745. The van der Waals surface area contributed by atoms with Crippen molar-refractivity contribution in [3.8, 4) is 11.5 Å². The van der Waals surface area contributed by atoms with E-state index in [4.69, 9.17) is 9.47 Å². The van der Waals surface area contributed by atoms with Crippen LogP contribution in [0.2, 0.25) is 0 Å². The maximum absolute atomic E-state index is 13.5. The minimum Gasteiger partial charge on any atom is -0.493 e. The number of nitrogens with one attached hydrogen (secondary N) is 1. The van der Waals surface area contributed by atoms with Crippen molar-refractivity contribution in [3.05, 3.63) is 48.0 Å². The van der Waals surface area contributed by atoms with E-state index in [1.807, 2.05) is 61.3 Å². The highest BCUT2D eigenvalue weighted by Crippen LogP contribution is 2.37. The zero-order valence-electron chi connectivity index (χ0n) is 19.1. The molecule has 0 aliphatic carbocycles. The van der Waals surface area contributed by atoms with E-state index in [2.05, 4.69) is 5.32 Å². The molecule has 0 aromatic heterocycles. The second-order valence-electron chi connectivity index (χ2n) is 8.30. The second-order valence-corrected chi connectivity index (χ2v) is 8.30. The third-order valence-electron chi connectivity index (χ3n) is 5.95. The number of hydrogen-bond acceptors (Lipinski definition) is 5. The third-order valence-corrected chi connectivity index (χ3v) is 5.95. The standard InChI is InChI=1S/C24H31N3O4/c1-16(26(4)14-13-17-11-12-20(30-5)21(15-17)31-6)22(28)27-19-10-8-7-9-18(19)25-23(29)24(27,2)3/h7-12,15-16H,13-14H2,1-6H3,(H,25,29)/t16-/m0/s1. The van der Waals surface area contributed by atoms with Gasteiger partial charge in [-0.05, 0) is 64.1 Å². The normalized spacial score (nSPS) is 15.8. The lowest BCUT2D eigenvalue weighted by Gasteiger charge is -2.44. The molecule has 1 aliphatic heterocycles. The molecule has 7 nitrogen and oxygen atoms in total. The number of carbonyl (C=O) groups excluding carboxylic acids is 2. The minimum atomic E-state index is -0.982. The van der Waals surface area contributed by atoms with E-state index in [1.54, 1.807) is 33.0 Å². The molecule has 31 heavy (non-hydrogen) atoms. The van der Waals surface area contributed by atoms with Crippen molar-refractivity contribution in [1.29, 1.82) is 0 Å². The van der Waals surface area contributed by atoms with Crippen LogP contribution in [0.25, 0.3) is 0 Å². The summed E-state index contributed by atoms with van der Waals surface area (Å²) in [5.74, 6) is 1.07. The first-order valence-electron chi connectivity index (χ1n) is 10.4. The van der Waals surface area contributed by atoms with Crippen LogP contribution in [-0.4, -0.2) is 56.1 Å². The molecule has 0 bridgehead atoms. The number of fused-ring (bicyclic) bond motifs is 1. The van der Waals surface area contributed by atoms with Gasteiger partial charge in [0.05, 0.1) is 31.6 Å². The summed E-state index contributed by atoms with van der Waals surface area (Å²) in [5.41, 5.74) is 1.48. The number of para-hydroxylation sites is 2. The molecule has 3 rings (SSSR count). The number of rotatable bonds is 7. The molecule has 2 aromatic carbocycles. The average molecular weight is 426 g/mol. The Hall–Kier alpha value is -3.06. The molecule has 1 N–H and O–H groups in total. The molecule has 0 fully saturated rings. The Morgan fingerprint density at radius 2 is 1.81 bits per heavy atom. The van der Waals surface area contributed by atoms with Crippen LogP contribution >= 0.6 is 0 Å². The number of benzene rings is 2. The number of anilines is 2. The van der Waals surface area contributed by atoms with Gasteiger partial charge in [0, 0.05) is 6.54 Å². The van der Waals surface area contributed by atoms with Crippen LogP contribution in [0.3, 0.4) is 0 Å². The fourth-order valence-corrected chi connectivity index (χ4v) is 3.76. The van der Waals surface area contributed by atoms with Gasteiger partial charge in [-0.25, -0.2) is 0 Å². The number of nitrogens with zero attached hydrogens (tertiary/aromatic N) is 2. The summed E-state index contributed by atoms with van der Waals surface area (Å²) in [5, 5.41) is 2.90. The molecule has 0 unspecified atom stereocenters. The van der Waals surface area contributed by atoms with Gasteiger partial charge in [-0.2, -0.15) is 0 Å². The SMILES string of the molecule is COc1ccc(CCN(C)[C@@H](C)C(=O)N2c3ccccc3NC(=O)C2(C)C)cc1OC. The fraction of sp³-hybridized carbons (Fsp3) is 0.417. The van der Waals surface area contributed by atoms with E-state index in [0.29, 0.717) is 23.7 Å². The molecule has 166 valence electrons. The van der Waals surface area contributed by atoms with Crippen LogP contribution in [0.15, 0.2) is 42.5 Å². The molecule has 1 heterocycles. The average Bonchev–Trinajstić information content (AvgIpc) is 2.76. The van der Waals surface area contributed by atoms with Crippen molar-refractivity contribution in [2.45, 2.75) is 38.8 Å². The fourth-order valence-electron chi connectivity index (χ4n) is 3.76. The molecule has 0 saturated carbocycles. The summed E-state index contributed by atoms with van der Waals surface area (Å²) in [4.78, 5) is 29.8. The molecule has 0 spiro atoms. The van der Waals surface area contributed by atoms with Gasteiger partial charge in [0.1, 0.15) is 5.54 Å². The van der Waals surface area contributed by atoms with Gasteiger partial charge in [-0.3, -0.25) is 19.4 Å². The summed E-state index contributed by atoms with van der Waals surface area (Å²) in [6.45, 7) is 6.09. The topological polar surface area (TPSA) is 71.1 Å². The zero-order valence-corrected chi connectivity index (χ0v) is 19.1. The van der Waals surface area contributed by atoms with E-state index in [0.717, 1.165) is 17.7 Å². The second kappa shape index (κ2) is 8.98. The number of ether oxygens (including phenoxy) is 2. The maximum atomic E-state index is 13.5. The Morgan fingerprint density at radius 1 is 1.13 bits per heavy atom. The first kappa shape index (κ1) is 22.6. The highest BCUT2D eigenvalue weighted by atomic mass is 16.5. The van der Waals surface area contributed by atoms with Crippen molar-refractivity contribution >= 4 is 23.2 Å². The maximum Gasteiger partial charge on any atom is 0.250 e. The molecule has 0 saturated heterocycles. The van der Waals surface area contributed by atoms with Gasteiger partial charge >= 0.3 is 0 Å². The Balaban J connectivity index is 1.75. The molecule has 1 aliphatic rings. The summed E-state index contributed by atoms with van der Waals surface area (Å²) < 4.78 is 10.7. The van der Waals surface area contributed by atoms with E-state index >= 15 is 0 Å². The Morgan fingerprint density at radius 3 is 2.48 bits per heavy atom. The van der Waals surface area contributed by atoms with E-state index in [9.17, 15) is 9.59 Å². The van der Waals surface area contributed by atoms with Crippen molar-refractivity contribution < 1.29 is 19.1 Å². The number of hydrogen-bond donors (Lipinski definition) is 1. The molecule has 2 aromatic rings. The molecule has 0 radical (unpaired) electrons.